The smallest absolute Gasteiger partial charge is 1.00 e. The van der Waals surface area contributed by atoms with E-state index in [4.69, 9.17) is 0 Å². The molecule has 3 heteroatoms. The van der Waals surface area contributed by atoms with Gasteiger partial charge < -0.3 is 24.8 Å². The van der Waals surface area contributed by atoms with E-state index in [1.807, 2.05) is 6.07 Å². The second-order valence-corrected chi connectivity index (χ2v) is 3.40. The van der Waals surface area contributed by atoms with Gasteiger partial charge in [-0.25, -0.2) is 0 Å². The van der Waals surface area contributed by atoms with Crippen LogP contribution in [0.15, 0.2) is 42.5 Å². The third kappa shape index (κ3) is 2.45. The van der Waals surface area contributed by atoms with Gasteiger partial charge in [-0.15, -0.1) is 5.56 Å². The average Bonchev–Trinajstić information content (AvgIpc) is 2.56. The van der Waals surface area contributed by atoms with Gasteiger partial charge >= 0.3 is 17.4 Å². The molecule has 0 atom stereocenters. The van der Waals surface area contributed by atoms with Crippen molar-refractivity contribution in [3.8, 4) is 11.1 Å². The van der Waals surface area contributed by atoms with E-state index in [2.05, 4.69) is 42.5 Å². The molecule has 2 aromatic carbocycles. The fourth-order valence-corrected chi connectivity index (χ4v) is 2.00. The van der Waals surface area contributed by atoms with E-state index in [1.54, 1.807) is 0 Å². The van der Waals surface area contributed by atoms with E-state index in [-0.39, 0.29) is 42.2 Å². The topological polar surface area (TPSA) is 0 Å². The van der Waals surface area contributed by atoms with Crippen LogP contribution in [0.25, 0.3) is 11.1 Å². The molecule has 0 aliphatic heterocycles. The van der Waals surface area contributed by atoms with Crippen LogP contribution in [0, 0.1) is 6.07 Å². The largest absolute Gasteiger partial charge is 3.00 e. The van der Waals surface area contributed by atoms with Crippen LogP contribution in [0.2, 0.25) is 0 Å². The van der Waals surface area contributed by atoms with Gasteiger partial charge in [0.2, 0.25) is 0 Å². The molecule has 1 aliphatic carbocycles. The van der Waals surface area contributed by atoms with Crippen molar-refractivity contribution in [2.75, 3.05) is 0 Å². The van der Waals surface area contributed by atoms with Gasteiger partial charge in [-0.05, 0) is 6.42 Å². The molecule has 0 heterocycles. The summed E-state index contributed by atoms with van der Waals surface area (Å²) < 4.78 is 0. The van der Waals surface area contributed by atoms with Gasteiger partial charge in [-0.1, -0.05) is 35.4 Å². The Morgan fingerprint density at radius 1 is 0.875 bits per heavy atom. The predicted octanol–water partition coefficient (Wildman–Crippen LogP) is -2.94. The van der Waals surface area contributed by atoms with Crippen LogP contribution in [0.1, 0.15) is 11.1 Å². The maximum Gasteiger partial charge on any atom is 3.00 e. The first-order valence-corrected chi connectivity index (χ1v) is 4.53. The summed E-state index contributed by atoms with van der Waals surface area (Å²) in [6, 6.07) is 18.1. The second kappa shape index (κ2) is 6.33. The molecule has 81 valence electrons. The Kier molecular flexibility index (Phi) is 6.15. The fourth-order valence-electron chi connectivity index (χ4n) is 2.00. The van der Waals surface area contributed by atoms with Gasteiger partial charge in [-0.3, -0.25) is 0 Å². The predicted molar refractivity (Wildman–Crippen MR) is 53.5 cm³/mol. The molecule has 0 spiro atoms. The zero-order valence-electron chi connectivity index (χ0n) is 8.41. The molecule has 2 aromatic rings. The summed E-state index contributed by atoms with van der Waals surface area (Å²) in [4.78, 5) is 0. The van der Waals surface area contributed by atoms with Crippen LogP contribution in [0.3, 0.4) is 0 Å². The van der Waals surface area contributed by atoms with E-state index < -0.39 is 0 Å². The first kappa shape index (κ1) is 15.6. The molecule has 0 saturated heterocycles. The normalized spacial score (nSPS) is 10.0. The van der Waals surface area contributed by atoms with E-state index in [1.165, 1.54) is 22.3 Å². The average molecular weight is 288 g/mol. The molecule has 0 saturated carbocycles. The standard InChI is InChI=1S/C13H9.2ClH.Cr/c1-3-7-12-10(5-1)9-11-6-2-4-8-13(11)12;;;/h1-5,7-8H,9H2;2*1H;/q-1;;;+3/p-2. The first-order valence-electron chi connectivity index (χ1n) is 4.53. The first-order chi connectivity index (χ1) is 6.45. The van der Waals surface area contributed by atoms with E-state index >= 15 is 0 Å². The van der Waals surface area contributed by atoms with Gasteiger partial charge in [0.05, 0.1) is 0 Å². The molecule has 1 radical (unpaired) electrons. The zero-order valence-corrected chi connectivity index (χ0v) is 11.2. The van der Waals surface area contributed by atoms with Crippen LogP contribution >= 0.6 is 0 Å². The van der Waals surface area contributed by atoms with Crippen molar-refractivity contribution in [3.05, 3.63) is 59.7 Å². The molecule has 1 aliphatic rings. The summed E-state index contributed by atoms with van der Waals surface area (Å²) in [5.41, 5.74) is 5.51. The molecule has 0 aromatic heterocycles. The summed E-state index contributed by atoms with van der Waals surface area (Å²) in [7, 11) is 0. The van der Waals surface area contributed by atoms with Gasteiger partial charge in [0.1, 0.15) is 0 Å². The number of rotatable bonds is 0. The summed E-state index contributed by atoms with van der Waals surface area (Å²) in [6.45, 7) is 0. The SMILES string of the molecule is [Cl-].[Cl-].[Cr+3].[c-]1cccc2c1Cc1ccccc1-2. The second-order valence-electron chi connectivity index (χ2n) is 3.40. The van der Waals surface area contributed by atoms with Gasteiger partial charge in [0.15, 0.2) is 0 Å². The Bertz CT molecular complexity index is 425. The summed E-state index contributed by atoms with van der Waals surface area (Å²) in [5.74, 6) is 0. The number of hydrogen-bond acceptors (Lipinski definition) is 0. The van der Waals surface area contributed by atoms with Crippen molar-refractivity contribution in [2.24, 2.45) is 0 Å². The van der Waals surface area contributed by atoms with Crippen molar-refractivity contribution in [1.82, 2.24) is 0 Å². The maximum absolute atomic E-state index is 3.30. The molecule has 16 heavy (non-hydrogen) atoms. The minimum Gasteiger partial charge on any atom is -1.00 e. The Balaban J connectivity index is 0.000000750. The van der Waals surface area contributed by atoms with Crippen LogP contribution in [0.5, 0.6) is 0 Å². The van der Waals surface area contributed by atoms with Crippen molar-refractivity contribution in [2.45, 2.75) is 6.42 Å². The van der Waals surface area contributed by atoms with Crippen molar-refractivity contribution in [3.63, 3.8) is 0 Å². The minimum absolute atomic E-state index is 0. The third-order valence-electron chi connectivity index (χ3n) is 2.62. The van der Waals surface area contributed by atoms with Crippen molar-refractivity contribution in [1.29, 1.82) is 0 Å². The molecular formula is C13H9Cl2Cr. The molecular weight excluding hydrogens is 279 g/mol. The molecule has 0 unspecified atom stereocenters. The Labute approximate surface area is 119 Å². The summed E-state index contributed by atoms with van der Waals surface area (Å²) in [5, 5.41) is 0. The molecule has 0 bridgehead atoms. The Morgan fingerprint density at radius 2 is 1.56 bits per heavy atom. The monoisotopic (exact) mass is 287 g/mol. The molecule has 0 nitrogen and oxygen atoms in total. The summed E-state index contributed by atoms with van der Waals surface area (Å²) >= 11 is 0. The van der Waals surface area contributed by atoms with E-state index in [0.29, 0.717) is 0 Å². The third-order valence-corrected chi connectivity index (χ3v) is 2.62. The molecule has 0 N–H and O–H groups in total. The Morgan fingerprint density at radius 3 is 2.38 bits per heavy atom. The number of halogens is 2. The molecule has 0 fully saturated rings. The number of hydrogen-bond donors (Lipinski definition) is 0. The van der Waals surface area contributed by atoms with Gasteiger partial charge in [-0.2, -0.15) is 29.8 Å². The fraction of sp³-hybridized carbons (Fsp3) is 0.0769. The van der Waals surface area contributed by atoms with Gasteiger partial charge in [0, 0.05) is 0 Å². The number of benzene rings is 2. The minimum atomic E-state index is 0. The summed E-state index contributed by atoms with van der Waals surface area (Å²) in [6.07, 6.45) is 1.05. The van der Waals surface area contributed by atoms with Crippen molar-refractivity contribution >= 4 is 0 Å². The quantitative estimate of drug-likeness (QED) is 0.388. The number of fused-ring (bicyclic) bond motifs is 3. The van der Waals surface area contributed by atoms with Crippen LogP contribution in [-0.2, 0) is 23.8 Å². The Hall–Kier alpha value is -0.448. The molecule has 3 rings (SSSR count). The zero-order chi connectivity index (χ0) is 8.67. The maximum atomic E-state index is 3.30. The van der Waals surface area contributed by atoms with Gasteiger partial charge in [0.25, 0.3) is 0 Å². The van der Waals surface area contributed by atoms with Crippen LogP contribution in [0.4, 0.5) is 0 Å². The van der Waals surface area contributed by atoms with E-state index in [0.717, 1.165) is 6.42 Å². The van der Waals surface area contributed by atoms with E-state index in [9.17, 15) is 0 Å². The van der Waals surface area contributed by atoms with Crippen LogP contribution < -0.4 is 24.8 Å². The molecule has 0 amide bonds. The van der Waals surface area contributed by atoms with Crippen LogP contribution in [-0.4, -0.2) is 0 Å². The van der Waals surface area contributed by atoms with Crippen molar-refractivity contribution < 1.29 is 42.2 Å².